The molecule has 0 aliphatic heterocycles. The van der Waals surface area contributed by atoms with Crippen molar-refractivity contribution in [2.24, 2.45) is 0 Å². The predicted molar refractivity (Wildman–Crippen MR) is 49.4 cm³/mol. The Balaban J connectivity index is 3.02. The summed E-state index contributed by atoms with van der Waals surface area (Å²) in [7, 11) is -1.02. The summed E-state index contributed by atoms with van der Waals surface area (Å²) in [6.07, 6.45) is 4.60. The van der Waals surface area contributed by atoms with Crippen LogP contribution in [0, 0.1) is 4.78 Å². The van der Waals surface area contributed by atoms with Gasteiger partial charge in [-0.2, -0.15) is 0 Å². The van der Waals surface area contributed by atoms with Crippen molar-refractivity contribution in [2.75, 3.05) is 17.6 Å². The number of anilines is 1. The van der Waals surface area contributed by atoms with E-state index in [-0.39, 0.29) is 0 Å². The Bertz CT molecular complexity index is 346. The molecule has 12 heavy (non-hydrogen) atoms. The molecule has 1 N–H and O–H groups in total. The van der Waals surface area contributed by atoms with Crippen LogP contribution >= 0.6 is 0 Å². The van der Waals surface area contributed by atoms with Crippen molar-refractivity contribution in [1.82, 2.24) is 4.98 Å². The minimum atomic E-state index is -2.65. The molecule has 1 atom stereocenters. The van der Waals surface area contributed by atoms with Crippen molar-refractivity contribution < 1.29 is 4.21 Å². The van der Waals surface area contributed by atoms with Gasteiger partial charge in [0, 0.05) is 25.7 Å². The van der Waals surface area contributed by atoms with Crippen molar-refractivity contribution in [3.05, 3.63) is 24.5 Å². The Morgan fingerprint density at radius 1 is 1.50 bits per heavy atom. The molecule has 0 aliphatic rings. The largest absolute Gasteiger partial charge is 0.289 e. The van der Waals surface area contributed by atoms with Crippen molar-refractivity contribution in [3.8, 4) is 0 Å². The number of rotatable bonds is 2. The van der Waals surface area contributed by atoms with Gasteiger partial charge in [-0.25, -0.2) is 8.99 Å². The molecule has 1 heterocycles. The van der Waals surface area contributed by atoms with Gasteiger partial charge >= 0.3 is 0 Å². The highest BCUT2D eigenvalue weighted by atomic mass is 32.2. The topological polar surface area (TPSA) is 57.1 Å². The first-order chi connectivity index (χ1) is 5.52. The fraction of sp³-hybridized carbons (Fsp3) is 0.286. The maximum Gasteiger partial charge on any atom is 0.125 e. The SMILES string of the molecule is CN(c1ccncc1)S(C)(=N)=O. The van der Waals surface area contributed by atoms with Crippen molar-refractivity contribution in [3.63, 3.8) is 0 Å². The molecule has 1 unspecified atom stereocenters. The first kappa shape index (κ1) is 8.99. The van der Waals surface area contributed by atoms with Crippen molar-refractivity contribution in [1.29, 1.82) is 4.78 Å². The number of hydrogen-bond donors (Lipinski definition) is 1. The van der Waals surface area contributed by atoms with E-state index in [1.807, 2.05) is 0 Å². The predicted octanol–water partition coefficient (Wildman–Crippen LogP) is 1.11. The fourth-order valence-corrected chi connectivity index (χ4v) is 1.28. The van der Waals surface area contributed by atoms with Crippen LogP contribution in [-0.2, 0) is 9.92 Å². The average molecular weight is 185 g/mol. The van der Waals surface area contributed by atoms with Crippen LogP contribution in [0.5, 0.6) is 0 Å². The van der Waals surface area contributed by atoms with E-state index < -0.39 is 9.92 Å². The zero-order valence-electron chi connectivity index (χ0n) is 7.02. The maximum atomic E-state index is 11.3. The summed E-state index contributed by atoms with van der Waals surface area (Å²) in [6, 6.07) is 3.44. The first-order valence-electron chi connectivity index (χ1n) is 3.39. The summed E-state index contributed by atoms with van der Waals surface area (Å²) >= 11 is 0. The fourth-order valence-electron chi connectivity index (χ4n) is 0.755. The smallest absolute Gasteiger partial charge is 0.125 e. The second-order valence-electron chi connectivity index (χ2n) is 2.51. The van der Waals surface area contributed by atoms with Crippen LogP contribution in [0.25, 0.3) is 0 Å². The zero-order valence-corrected chi connectivity index (χ0v) is 7.84. The molecule has 0 aliphatic carbocycles. The third kappa shape index (κ3) is 1.94. The van der Waals surface area contributed by atoms with Gasteiger partial charge in [0.15, 0.2) is 0 Å². The molecule has 0 fully saturated rings. The minimum absolute atomic E-state index is 0.743. The number of nitrogens with one attached hydrogen (secondary N) is 1. The van der Waals surface area contributed by atoms with Crippen LogP contribution < -0.4 is 4.31 Å². The molecule has 66 valence electrons. The number of aromatic nitrogens is 1. The first-order valence-corrected chi connectivity index (χ1v) is 5.32. The Hall–Kier alpha value is -1.10. The standard InChI is InChI=1S/C7H11N3OS/c1-10(12(2,8)11)7-3-5-9-6-4-7/h3-6,8H,1-2H3. The summed E-state index contributed by atoms with van der Waals surface area (Å²) in [4.78, 5) is 3.83. The van der Waals surface area contributed by atoms with Crippen LogP contribution in [0.1, 0.15) is 0 Å². The molecule has 5 heteroatoms. The van der Waals surface area contributed by atoms with Crippen LogP contribution in [0.15, 0.2) is 24.5 Å². The summed E-state index contributed by atoms with van der Waals surface area (Å²) < 4.78 is 20.0. The lowest BCUT2D eigenvalue weighted by atomic mass is 10.4. The quantitative estimate of drug-likeness (QED) is 0.750. The highest BCUT2D eigenvalue weighted by Crippen LogP contribution is 2.12. The van der Waals surface area contributed by atoms with E-state index in [4.69, 9.17) is 4.78 Å². The van der Waals surface area contributed by atoms with Gasteiger partial charge in [0.05, 0.1) is 5.69 Å². The highest BCUT2D eigenvalue weighted by molar-refractivity contribution is 7.93. The average Bonchev–Trinajstić information content (AvgIpc) is 2.03. The lowest BCUT2D eigenvalue weighted by Gasteiger charge is -2.18. The molecule has 1 aromatic heterocycles. The summed E-state index contributed by atoms with van der Waals surface area (Å²) in [5.41, 5.74) is 0.743. The van der Waals surface area contributed by atoms with Gasteiger partial charge in [-0.05, 0) is 12.1 Å². The molecule has 0 radical (unpaired) electrons. The summed E-state index contributed by atoms with van der Waals surface area (Å²) in [6.45, 7) is 0. The molecule has 1 aromatic rings. The molecule has 0 spiro atoms. The Labute approximate surface area is 72.3 Å². The van der Waals surface area contributed by atoms with Gasteiger partial charge in [0.25, 0.3) is 0 Å². The lowest BCUT2D eigenvalue weighted by molar-refractivity contribution is 0.677. The van der Waals surface area contributed by atoms with Gasteiger partial charge < -0.3 is 0 Å². The van der Waals surface area contributed by atoms with Crippen LogP contribution in [-0.4, -0.2) is 22.5 Å². The molecule has 0 aromatic carbocycles. The van der Waals surface area contributed by atoms with Gasteiger partial charge in [-0.15, -0.1) is 0 Å². The van der Waals surface area contributed by atoms with Gasteiger partial charge in [-0.3, -0.25) is 9.29 Å². The molecular weight excluding hydrogens is 174 g/mol. The van der Waals surface area contributed by atoms with E-state index in [0.29, 0.717) is 0 Å². The van der Waals surface area contributed by atoms with Gasteiger partial charge in [0.1, 0.15) is 9.92 Å². The number of hydrogen-bond acceptors (Lipinski definition) is 3. The lowest BCUT2D eigenvalue weighted by Crippen LogP contribution is -2.23. The molecule has 1 rings (SSSR count). The van der Waals surface area contributed by atoms with E-state index in [2.05, 4.69) is 4.98 Å². The third-order valence-corrected chi connectivity index (χ3v) is 2.80. The van der Waals surface area contributed by atoms with E-state index in [1.54, 1.807) is 31.6 Å². The number of pyridine rings is 1. The van der Waals surface area contributed by atoms with Crippen molar-refractivity contribution in [2.45, 2.75) is 0 Å². The number of nitrogens with zero attached hydrogens (tertiary/aromatic N) is 2. The molecule has 0 bridgehead atoms. The highest BCUT2D eigenvalue weighted by Gasteiger charge is 2.06. The Kier molecular flexibility index (Phi) is 2.32. The van der Waals surface area contributed by atoms with E-state index in [9.17, 15) is 4.21 Å². The summed E-state index contributed by atoms with van der Waals surface area (Å²) in [5, 5.41) is 0. The van der Waals surface area contributed by atoms with Gasteiger partial charge in [0.2, 0.25) is 0 Å². The van der Waals surface area contributed by atoms with Crippen LogP contribution in [0.3, 0.4) is 0 Å². The Morgan fingerprint density at radius 2 is 2.00 bits per heavy atom. The molecule has 0 amide bonds. The normalized spacial score (nSPS) is 15.2. The van der Waals surface area contributed by atoms with Crippen LogP contribution in [0.2, 0.25) is 0 Å². The zero-order chi connectivity index (χ0) is 9.19. The van der Waals surface area contributed by atoms with Crippen LogP contribution in [0.4, 0.5) is 5.69 Å². The molecule has 0 saturated heterocycles. The minimum Gasteiger partial charge on any atom is -0.289 e. The van der Waals surface area contributed by atoms with Crippen molar-refractivity contribution >= 4 is 15.6 Å². The van der Waals surface area contributed by atoms with E-state index >= 15 is 0 Å². The van der Waals surface area contributed by atoms with E-state index in [1.165, 1.54) is 10.6 Å². The Morgan fingerprint density at radius 3 is 2.42 bits per heavy atom. The second-order valence-corrected chi connectivity index (χ2v) is 4.66. The third-order valence-electron chi connectivity index (χ3n) is 1.55. The molecular formula is C7H11N3OS. The van der Waals surface area contributed by atoms with Gasteiger partial charge in [-0.1, -0.05) is 0 Å². The molecule has 0 saturated carbocycles. The second kappa shape index (κ2) is 3.10. The van der Waals surface area contributed by atoms with E-state index in [0.717, 1.165) is 5.69 Å². The monoisotopic (exact) mass is 185 g/mol. The molecule has 4 nitrogen and oxygen atoms in total. The summed E-state index contributed by atoms with van der Waals surface area (Å²) in [5.74, 6) is 0. The maximum absolute atomic E-state index is 11.3.